The maximum atomic E-state index is 11.5. The van der Waals surface area contributed by atoms with Gasteiger partial charge in [-0.25, -0.2) is 9.59 Å². The Morgan fingerprint density at radius 3 is 2.53 bits per heavy atom. The zero-order chi connectivity index (χ0) is 14.6. The minimum absolute atomic E-state index is 0.0799. The van der Waals surface area contributed by atoms with Gasteiger partial charge in [0.1, 0.15) is 12.7 Å². The third-order valence-corrected chi connectivity index (χ3v) is 2.54. The summed E-state index contributed by atoms with van der Waals surface area (Å²) in [6, 6.07) is 0. The molecule has 0 aromatic carbocycles. The highest BCUT2D eigenvalue weighted by Crippen LogP contribution is 2.23. The van der Waals surface area contributed by atoms with E-state index in [1.807, 2.05) is 0 Å². The second kappa shape index (κ2) is 6.17. The molecule has 1 aliphatic rings. The average molecular weight is 268 g/mol. The zero-order valence-electron chi connectivity index (χ0n) is 11.1. The van der Waals surface area contributed by atoms with Crippen LogP contribution in [0.3, 0.4) is 0 Å². The predicted molar refractivity (Wildman–Crippen MR) is 64.7 cm³/mol. The van der Waals surface area contributed by atoms with Gasteiger partial charge in [-0.3, -0.25) is 4.79 Å². The molecule has 0 aromatic rings. The molecule has 0 aromatic heterocycles. The molecule has 1 atom stereocenters. The summed E-state index contributed by atoms with van der Waals surface area (Å²) in [7, 11) is 0. The summed E-state index contributed by atoms with van der Waals surface area (Å²) >= 11 is 0. The molecule has 0 radical (unpaired) electrons. The van der Waals surface area contributed by atoms with Crippen molar-refractivity contribution in [1.82, 2.24) is 0 Å². The maximum Gasteiger partial charge on any atom is 0.375 e. The minimum Gasteiger partial charge on any atom is -0.462 e. The molecule has 0 saturated heterocycles. The number of cyclic esters (lactones) is 1. The van der Waals surface area contributed by atoms with Crippen LogP contribution in [0.1, 0.15) is 27.2 Å². The molecule has 0 fully saturated rings. The van der Waals surface area contributed by atoms with Crippen LogP contribution in [0.5, 0.6) is 0 Å². The number of esters is 3. The first-order chi connectivity index (χ1) is 8.82. The Kier molecular flexibility index (Phi) is 4.86. The van der Waals surface area contributed by atoms with Gasteiger partial charge in [0.15, 0.2) is 0 Å². The number of hydrogen-bond donors (Lipinski definition) is 0. The van der Waals surface area contributed by atoms with Crippen molar-refractivity contribution in [1.29, 1.82) is 0 Å². The van der Waals surface area contributed by atoms with Crippen LogP contribution < -0.4 is 0 Å². The quantitative estimate of drug-likeness (QED) is 0.424. The number of ether oxygens (including phenoxy) is 3. The van der Waals surface area contributed by atoms with E-state index in [4.69, 9.17) is 14.2 Å². The Hall–Kier alpha value is -2.11. The molecule has 1 heterocycles. The highest BCUT2D eigenvalue weighted by atomic mass is 16.6. The van der Waals surface area contributed by atoms with E-state index in [-0.39, 0.29) is 24.4 Å². The lowest BCUT2D eigenvalue weighted by Crippen LogP contribution is -2.14. The lowest BCUT2D eigenvalue weighted by Gasteiger charge is -2.05. The van der Waals surface area contributed by atoms with Gasteiger partial charge in [-0.1, -0.05) is 6.58 Å². The topological polar surface area (TPSA) is 78.9 Å². The molecule has 1 unspecified atom stereocenters. The molecule has 0 amide bonds. The summed E-state index contributed by atoms with van der Waals surface area (Å²) in [6.45, 7) is 8.12. The largest absolute Gasteiger partial charge is 0.462 e. The van der Waals surface area contributed by atoms with E-state index in [9.17, 15) is 14.4 Å². The summed E-state index contributed by atoms with van der Waals surface area (Å²) in [6.07, 6.45) is -0.533. The molecule has 0 spiro atoms. The SMILES string of the molecule is C=C(C)C(=O)OCCC(=O)OC1=C(C)C(C)OC1=O. The first-order valence-corrected chi connectivity index (χ1v) is 5.78. The van der Waals surface area contributed by atoms with Gasteiger partial charge in [-0.15, -0.1) is 0 Å². The standard InChI is InChI=1S/C13H16O6/c1-7(2)12(15)17-6-5-10(14)19-11-8(3)9(4)18-13(11)16/h9H,1,5-6H2,2-4H3. The predicted octanol–water partition coefficient (Wildman–Crippen LogP) is 1.26. The summed E-state index contributed by atoms with van der Waals surface area (Å²) in [5.41, 5.74) is 0.817. The van der Waals surface area contributed by atoms with Crippen LogP contribution >= 0.6 is 0 Å². The van der Waals surface area contributed by atoms with Crippen molar-refractivity contribution in [2.24, 2.45) is 0 Å². The van der Waals surface area contributed by atoms with E-state index < -0.39 is 24.0 Å². The maximum absolute atomic E-state index is 11.5. The monoisotopic (exact) mass is 268 g/mol. The fourth-order valence-electron chi connectivity index (χ4n) is 1.29. The van der Waals surface area contributed by atoms with Crippen molar-refractivity contribution >= 4 is 17.9 Å². The van der Waals surface area contributed by atoms with Crippen LogP contribution in [0, 0.1) is 0 Å². The molecule has 6 heteroatoms. The van der Waals surface area contributed by atoms with Gasteiger partial charge in [0.2, 0.25) is 5.76 Å². The van der Waals surface area contributed by atoms with E-state index in [1.54, 1.807) is 13.8 Å². The van der Waals surface area contributed by atoms with Crippen molar-refractivity contribution in [3.63, 3.8) is 0 Å². The second-order valence-corrected chi connectivity index (χ2v) is 4.20. The summed E-state index contributed by atoms with van der Waals surface area (Å²) in [5, 5.41) is 0. The molecular formula is C13H16O6. The van der Waals surface area contributed by atoms with Crippen LogP contribution in [0.4, 0.5) is 0 Å². The van der Waals surface area contributed by atoms with Crippen molar-refractivity contribution < 1.29 is 28.6 Å². The number of carbonyl (C=O) groups excluding carboxylic acids is 3. The Bertz CT molecular complexity index is 460. The summed E-state index contributed by atoms with van der Waals surface area (Å²) in [4.78, 5) is 33.9. The van der Waals surface area contributed by atoms with Gasteiger partial charge >= 0.3 is 17.9 Å². The van der Waals surface area contributed by atoms with Crippen molar-refractivity contribution in [2.45, 2.75) is 33.3 Å². The first kappa shape index (κ1) is 14.9. The van der Waals surface area contributed by atoms with Crippen LogP contribution in [0.25, 0.3) is 0 Å². The normalized spacial score (nSPS) is 18.1. The molecule has 0 saturated carbocycles. The molecule has 6 nitrogen and oxygen atoms in total. The van der Waals surface area contributed by atoms with Crippen LogP contribution in [0.2, 0.25) is 0 Å². The molecule has 1 aliphatic heterocycles. The van der Waals surface area contributed by atoms with E-state index >= 15 is 0 Å². The fourth-order valence-corrected chi connectivity index (χ4v) is 1.29. The van der Waals surface area contributed by atoms with Gasteiger partial charge in [-0.05, 0) is 20.8 Å². The number of rotatable bonds is 5. The van der Waals surface area contributed by atoms with Gasteiger partial charge in [-0.2, -0.15) is 0 Å². The van der Waals surface area contributed by atoms with E-state index in [0.29, 0.717) is 5.57 Å². The minimum atomic E-state index is -0.657. The van der Waals surface area contributed by atoms with Crippen molar-refractivity contribution in [3.8, 4) is 0 Å². The Balaban J connectivity index is 2.42. The lowest BCUT2D eigenvalue weighted by molar-refractivity contribution is -0.151. The van der Waals surface area contributed by atoms with Crippen LogP contribution in [-0.4, -0.2) is 30.6 Å². The molecule has 19 heavy (non-hydrogen) atoms. The zero-order valence-corrected chi connectivity index (χ0v) is 11.1. The van der Waals surface area contributed by atoms with E-state index in [2.05, 4.69) is 6.58 Å². The smallest absolute Gasteiger partial charge is 0.375 e. The Labute approximate surface area is 111 Å². The molecule has 1 rings (SSSR count). The molecule has 0 bridgehead atoms. The molecular weight excluding hydrogens is 252 g/mol. The van der Waals surface area contributed by atoms with Gasteiger partial charge in [0.25, 0.3) is 0 Å². The Morgan fingerprint density at radius 2 is 2.05 bits per heavy atom. The van der Waals surface area contributed by atoms with Crippen LogP contribution in [-0.2, 0) is 28.6 Å². The van der Waals surface area contributed by atoms with Gasteiger partial charge in [0.05, 0.1) is 6.42 Å². The molecule has 104 valence electrons. The summed E-state index contributed by atoms with van der Waals surface area (Å²) < 4.78 is 14.5. The third-order valence-electron chi connectivity index (χ3n) is 2.54. The highest BCUT2D eigenvalue weighted by Gasteiger charge is 2.31. The van der Waals surface area contributed by atoms with Crippen molar-refractivity contribution in [2.75, 3.05) is 6.61 Å². The summed E-state index contributed by atoms with van der Waals surface area (Å²) in [5.74, 6) is -1.96. The Morgan fingerprint density at radius 1 is 1.42 bits per heavy atom. The fraction of sp³-hybridized carbons (Fsp3) is 0.462. The number of hydrogen-bond acceptors (Lipinski definition) is 6. The van der Waals surface area contributed by atoms with Crippen LogP contribution in [0.15, 0.2) is 23.5 Å². The number of carbonyl (C=O) groups is 3. The van der Waals surface area contributed by atoms with Crippen molar-refractivity contribution in [3.05, 3.63) is 23.5 Å². The molecule has 0 aliphatic carbocycles. The van der Waals surface area contributed by atoms with E-state index in [1.165, 1.54) is 6.92 Å². The lowest BCUT2D eigenvalue weighted by atomic mass is 10.2. The third kappa shape index (κ3) is 3.94. The first-order valence-electron chi connectivity index (χ1n) is 5.78. The highest BCUT2D eigenvalue weighted by molar-refractivity contribution is 5.93. The average Bonchev–Trinajstić information content (AvgIpc) is 2.55. The van der Waals surface area contributed by atoms with Gasteiger partial charge < -0.3 is 14.2 Å². The molecule has 0 N–H and O–H groups in total. The second-order valence-electron chi connectivity index (χ2n) is 4.20. The van der Waals surface area contributed by atoms with E-state index in [0.717, 1.165) is 0 Å². The van der Waals surface area contributed by atoms with Gasteiger partial charge in [0, 0.05) is 11.1 Å².